The molecule has 2 N–H and O–H groups in total. The van der Waals surface area contributed by atoms with Gasteiger partial charge in [-0.25, -0.2) is 4.79 Å². The van der Waals surface area contributed by atoms with E-state index in [-0.39, 0.29) is 12.3 Å². The molecule has 2 atom stereocenters. The summed E-state index contributed by atoms with van der Waals surface area (Å²) in [6.45, 7) is 5.59. The number of hydrogen-bond acceptors (Lipinski definition) is 5. The van der Waals surface area contributed by atoms with Crippen LogP contribution in [0.3, 0.4) is 0 Å². The summed E-state index contributed by atoms with van der Waals surface area (Å²) in [4.78, 5) is 41.0. The molecule has 2 heterocycles. The molecule has 2 aromatic carbocycles. The van der Waals surface area contributed by atoms with Crippen molar-refractivity contribution in [2.75, 3.05) is 23.3 Å². The largest absolute Gasteiger partial charge is 0.445 e. The average Bonchev–Trinajstić information content (AvgIpc) is 3.34. The lowest BCUT2D eigenvalue weighted by Crippen LogP contribution is -2.56. The molecular formula is C26H31N3O4. The van der Waals surface area contributed by atoms with Crippen molar-refractivity contribution in [1.82, 2.24) is 5.32 Å². The van der Waals surface area contributed by atoms with Gasteiger partial charge in [0.15, 0.2) is 5.60 Å². The van der Waals surface area contributed by atoms with Crippen LogP contribution in [-0.4, -0.2) is 42.5 Å². The second kappa shape index (κ2) is 9.65. The number of cyclic esters (lactones) is 1. The monoisotopic (exact) mass is 449 g/mol. The molecule has 0 aliphatic carbocycles. The molecule has 2 aliphatic heterocycles. The smallest absolute Gasteiger partial charge is 0.339 e. The Bertz CT molecular complexity index is 1050. The number of rotatable bonds is 7. The fourth-order valence-electron chi connectivity index (χ4n) is 4.51. The van der Waals surface area contributed by atoms with Crippen LogP contribution in [-0.2, 0) is 20.7 Å². The quantitative estimate of drug-likeness (QED) is 0.630. The zero-order valence-corrected chi connectivity index (χ0v) is 19.2. The minimum absolute atomic E-state index is 0.263. The van der Waals surface area contributed by atoms with E-state index in [1.165, 1.54) is 12.8 Å². The fourth-order valence-corrected chi connectivity index (χ4v) is 4.51. The molecule has 174 valence electrons. The highest BCUT2D eigenvalue weighted by Crippen LogP contribution is 2.29. The van der Waals surface area contributed by atoms with E-state index in [4.69, 9.17) is 4.74 Å². The van der Waals surface area contributed by atoms with Crippen molar-refractivity contribution in [3.63, 3.8) is 0 Å². The molecule has 0 radical (unpaired) electrons. The van der Waals surface area contributed by atoms with Crippen LogP contribution in [0.15, 0.2) is 48.5 Å². The Morgan fingerprint density at radius 3 is 2.64 bits per heavy atom. The van der Waals surface area contributed by atoms with E-state index in [2.05, 4.69) is 15.5 Å². The summed E-state index contributed by atoms with van der Waals surface area (Å²) in [7, 11) is 0. The molecule has 7 heteroatoms. The van der Waals surface area contributed by atoms with E-state index in [0.29, 0.717) is 24.1 Å². The Balaban J connectivity index is 1.45. The van der Waals surface area contributed by atoms with E-state index in [0.717, 1.165) is 24.3 Å². The number of anilines is 2. The molecule has 1 fully saturated rings. The van der Waals surface area contributed by atoms with E-state index in [9.17, 15) is 14.4 Å². The molecule has 0 aromatic heterocycles. The number of benzene rings is 2. The Kier molecular flexibility index (Phi) is 6.67. The third-order valence-corrected chi connectivity index (χ3v) is 6.35. The van der Waals surface area contributed by atoms with Gasteiger partial charge in [-0.2, -0.15) is 0 Å². The van der Waals surface area contributed by atoms with Crippen molar-refractivity contribution >= 4 is 29.2 Å². The van der Waals surface area contributed by atoms with E-state index in [1.807, 2.05) is 43.3 Å². The molecule has 2 aromatic rings. The van der Waals surface area contributed by atoms with E-state index >= 15 is 0 Å². The van der Waals surface area contributed by atoms with Gasteiger partial charge < -0.3 is 20.3 Å². The van der Waals surface area contributed by atoms with Crippen molar-refractivity contribution < 1.29 is 19.1 Å². The standard InChI is InChI=1S/C26H31N3O4/c1-3-9-22(23(30)27-19-11-8-12-20(16-19)29-14-6-7-15-29)28-25(32)26(2)17-18-10-4-5-13-21(18)24(31)33-26/h4-5,8,10-13,16,22H,3,6-7,9,14-15,17H2,1-2H3,(H,27,30)(H,28,32). The molecule has 0 bridgehead atoms. The van der Waals surface area contributed by atoms with Gasteiger partial charge in [-0.15, -0.1) is 0 Å². The summed E-state index contributed by atoms with van der Waals surface area (Å²) in [6.07, 6.45) is 3.80. The molecule has 0 spiro atoms. The van der Waals surface area contributed by atoms with Crippen LogP contribution in [0.5, 0.6) is 0 Å². The Morgan fingerprint density at radius 2 is 1.88 bits per heavy atom. The topological polar surface area (TPSA) is 87.7 Å². The molecule has 7 nitrogen and oxygen atoms in total. The van der Waals surface area contributed by atoms with Gasteiger partial charge in [-0.05, 0) is 56.0 Å². The van der Waals surface area contributed by atoms with Crippen LogP contribution in [0.1, 0.15) is 55.5 Å². The number of ether oxygens (including phenoxy) is 1. The number of carbonyl (C=O) groups is 3. The van der Waals surface area contributed by atoms with Crippen LogP contribution in [0.25, 0.3) is 0 Å². The summed E-state index contributed by atoms with van der Waals surface area (Å²) >= 11 is 0. The Hall–Kier alpha value is -3.35. The summed E-state index contributed by atoms with van der Waals surface area (Å²) in [5, 5.41) is 5.78. The molecule has 0 saturated carbocycles. The Morgan fingerprint density at radius 1 is 1.12 bits per heavy atom. The third kappa shape index (κ3) is 5.02. The average molecular weight is 450 g/mol. The maximum absolute atomic E-state index is 13.2. The number of hydrogen-bond donors (Lipinski definition) is 2. The van der Waals surface area contributed by atoms with Crippen LogP contribution in [0.2, 0.25) is 0 Å². The highest BCUT2D eigenvalue weighted by atomic mass is 16.6. The second-order valence-electron chi connectivity index (χ2n) is 9.00. The van der Waals surface area contributed by atoms with Gasteiger partial charge in [0.05, 0.1) is 5.56 Å². The molecule has 4 rings (SSSR count). The highest BCUT2D eigenvalue weighted by Gasteiger charge is 2.43. The zero-order chi connectivity index (χ0) is 23.4. The summed E-state index contributed by atoms with van der Waals surface area (Å²) in [5.41, 5.74) is 1.66. The van der Waals surface area contributed by atoms with Crippen molar-refractivity contribution in [3.8, 4) is 0 Å². The number of esters is 1. The summed E-state index contributed by atoms with van der Waals surface area (Å²) < 4.78 is 5.52. The van der Waals surface area contributed by atoms with Crippen LogP contribution in [0.4, 0.5) is 11.4 Å². The fraction of sp³-hybridized carbons (Fsp3) is 0.423. The summed E-state index contributed by atoms with van der Waals surface area (Å²) in [6, 6.07) is 14.2. The lowest BCUT2D eigenvalue weighted by Gasteiger charge is -2.34. The third-order valence-electron chi connectivity index (χ3n) is 6.35. The minimum Gasteiger partial charge on any atom is -0.445 e. The molecular weight excluding hydrogens is 418 g/mol. The molecule has 1 saturated heterocycles. The van der Waals surface area contributed by atoms with Gasteiger partial charge in [0.1, 0.15) is 6.04 Å². The number of nitrogens with zero attached hydrogens (tertiary/aromatic N) is 1. The van der Waals surface area contributed by atoms with Crippen molar-refractivity contribution in [2.24, 2.45) is 0 Å². The number of carbonyl (C=O) groups excluding carboxylic acids is 3. The van der Waals surface area contributed by atoms with Crippen LogP contribution in [0, 0.1) is 0 Å². The van der Waals surface area contributed by atoms with Gasteiger partial charge in [-0.1, -0.05) is 37.6 Å². The molecule has 2 amide bonds. The maximum atomic E-state index is 13.2. The van der Waals surface area contributed by atoms with E-state index in [1.54, 1.807) is 19.1 Å². The van der Waals surface area contributed by atoms with Gasteiger partial charge in [0, 0.05) is 30.9 Å². The maximum Gasteiger partial charge on any atom is 0.339 e. The second-order valence-corrected chi connectivity index (χ2v) is 9.00. The van der Waals surface area contributed by atoms with Crippen molar-refractivity contribution in [1.29, 1.82) is 0 Å². The van der Waals surface area contributed by atoms with Gasteiger partial charge in [0.2, 0.25) is 5.91 Å². The lowest BCUT2D eigenvalue weighted by atomic mass is 9.89. The molecule has 33 heavy (non-hydrogen) atoms. The lowest BCUT2D eigenvalue weighted by molar-refractivity contribution is -0.142. The predicted molar refractivity (Wildman–Crippen MR) is 127 cm³/mol. The highest BCUT2D eigenvalue weighted by molar-refractivity contribution is 6.01. The summed E-state index contributed by atoms with van der Waals surface area (Å²) in [5.74, 6) is -1.27. The normalized spacial score (nSPS) is 20.5. The first-order chi connectivity index (χ1) is 15.9. The first-order valence-corrected chi connectivity index (χ1v) is 11.7. The van der Waals surface area contributed by atoms with Crippen molar-refractivity contribution in [2.45, 2.75) is 57.6 Å². The first-order valence-electron chi connectivity index (χ1n) is 11.7. The minimum atomic E-state index is -1.37. The number of fused-ring (bicyclic) bond motifs is 1. The first kappa shape index (κ1) is 22.8. The zero-order valence-electron chi connectivity index (χ0n) is 19.2. The molecule has 2 aliphatic rings. The van der Waals surface area contributed by atoms with Crippen molar-refractivity contribution in [3.05, 3.63) is 59.7 Å². The Labute approximate surface area is 194 Å². The van der Waals surface area contributed by atoms with E-state index < -0.39 is 23.5 Å². The SMILES string of the molecule is CCCC(NC(=O)C1(C)Cc2ccccc2C(=O)O1)C(=O)Nc1cccc(N2CCCC2)c1. The number of amides is 2. The van der Waals surface area contributed by atoms with Gasteiger partial charge in [0.25, 0.3) is 5.91 Å². The predicted octanol–water partition coefficient (Wildman–Crippen LogP) is 3.68. The molecule has 2 unspecified atom stereocenters. The van der Waals surface area contributed by atoms with Gasteiger partial charge in [-0.3, -0.25) is 9.59 Å². The van der Waals surface area contributed by atoms with Crippen LogP contribution >= 0.6 is 0 Å². The van der Waals surface area contributed by atoms with Gasteiger partial charge >= 0.3 is 5.97 Å². The van der Waals surface area contributed by atoms with Crippen LogP contribution < -0.4 is 15.5 Å². The number of nitrogens with one attached hydrogen (secondary N) is 2.